The largest absolute Gasteiger partial charge is 0.334 e. The Morgan fingerprint density at radius 1 is 1.61 bits per heavy atom. The normalized spacial score (nSPS) is 19.9. The first-order chi connectivity index (χ1) is 8.52. The summed E-state index contributed by atoms with van der Waals surface area (Å²) in [6, 6.07) is 1.29. The lowest BCUT2D eigenvalue weighted by atomic mass is 10.1. The molecule has 5 nitrogen and oxygen atoms in total. The number of anilines is 1. The summed E-state index contributed by atoms with van der Waals surface area (Å²) in [5.74, 6) is -0.0693. The first kappa shape index (κ1) is 13.3. The first-order valence-electron chi connectivity index (χ1n) is 5.44. The average Bonchev–Trinajstić information content (AvgIpc) is 2.28. The smallest absolute Gasteiger partial charge is 0.249 e. The standard InChI is InChI=1S/C11H11BrClN3O2/c1-2-8-11(18)15-9(17)5-16(8)10-7(12)3-6(13)4-14-10/h3-4,8H,2,5H2,1H3,(H,15,17,18). The molecule has 0 bridgehead atoms. The number of piperazine rings is 1. The fourth-order valence-corrected chi connectivity index (χ4v) is 2.78. The minimum absolute atomic E-state index is 0.109. The average molecular weight is 333 g/mol. The number of pyridine rings is 1. The molecule has 1 aromatic heterocycles. The number of carbonyl (C=O) groups excluding carboxylic acids is 2. The van der Waals surface area contributed by atoms with Crippen molar-refractivity contribution in [3.8, 4) is 0 Å². The van der Waals surface area contributed by atoms with Gasteiger partial charge in [0.25, 0.3) is 0 Å². The van der Waals surface area contributed by atoms with Crippen molar-refractivity contribution in [2.24, 2.45) is 0 Å². The molecule has 1 atom stereocenters. The topological polar surface area (TPSA) is 62.3 Å². The van der Waals surface area contributed by atoms with Gasteiger partial charge in [0.05, 0.1) is 16.0 Å². The number of nitrogens with one attached hydrogen (secondary N) is 1. The lowest BCUT2D eigenvalue weighted by Crippen LogP contribution is -2.58. The number of rotatable bonds is 2. The molecule has 0 spiro atoms. The van der Waals surface area contributed by atoms with Crippen LogP contribution in [-0.4, -0.2) is 29.4 Å². The van der Waals surface area contributed by atoms with Gasteiger partial charge in [-0.2, -0.15) is 0 Å². The second-order valence-electron chi connectivity index (χ2n) is 3.92. The van der Waals surface area contributed by atoms with Crippen LogP contribution < -0.4 is 10.2 Å². The van der Waals surface area contributed by atoms with Crippen molar-refractivity contribution in [3.63, 3.8) is 0 Å². The van der Waals surface area contributed by atoms with Crippen LogP contribution in [0.25, 0.3) is 0 Å². The van der Waals surface area contributed by atoms with Crippen LogP contribution in [-0.2, 0) is 9.59 Å². The van der Waals surface area contributed by atoms with E-state index in [9.17, 15) is 9.59 Å². The molecule has 1 aliphatic rings. The second-order valence-corrected chi connectivity index (χ2v) is 5.21. The molecule has 2 amide bonds. The van der Waals surface area contributed by atoms with Crippen LogP contribution in [0.4, 0.5) is 5.82 Å². The number of hydrogen-bond acceptors (Lipinski definition) is 4. The number of aromatic nitrogens is 1. The second kappa shape index (κ2) is 5.24. The monoisotopic (exact) mass is 331 g/mol. The van der Waals surface area contributed by atoms with Crippen molar-refractivity contribution in [3.05, 3.63) is 21.8 Å². The summed E-state index contributed by atoms with van der Waals surface area (Å²) >= 11 is 9.17. The molecule has 1 aliphatic heterocycles. The summed E-state index contributed by atoms with van der Waals surface area (Å²) in [6.07, 6.45) is 2.08. The molecule has 1 saturated heterocycles. The Kier molecular flexibility index (Phi) is 3.87. The van der Waals surface area contributed by atoms with Crippen molar-refractivity contribution in [1.82, 2.24) is 10.3 Å². The van der Waals surface area contributed by atoms with Crippen molar-refractivity contribution in [2.45, 2.75) is 19.4 Å². The Labute approximate surface area is 118 Å². The Morgan fingerprint density at radius 3 is 2.94 bits per heavy atom. The van der Waals surface area contributed by atoms with Gasteiger partial charge >= 0.3 is 0 Å². The number of amides is 2. The van der Waals surface area contributed by atoms with Crippen molar-refractivity contribution >= 4 is 45.2 Å². The van der Waals surface area contributed by atoms with E-state index in [-0.39, 0.29) is 18.4 Å². The third-order valence-corrected chi connectivity index (χ3v) is 3.49. The summed E-state index contributed by atoms with van der Waals surface area (Å²) < 4.78 is 0.663. The zero-order valence-corrected chi connectivity index (χ0v) is 12.0. The Hall–Kier alpha value is -1.14. The zero-order valence-electron chi connectivity index (χ0n) is 9.61. The van der Waals surface area contributed by atoms with Gasteiger partial charge in [-0.05, 0) is 28.4 Å². The molecule has 1 N–H and O–H groups in total. The Bertz CT molecular complexity index is 509. The Balaban J connectivity index is 2.39. The molecule has 96 valence electrons. The molecule has 1 unspecified atom stereocenters. The summed E-state index contributed by atoms with van der Waals surface area (Å²) in [4.78, 5) is 29.1. The SMILES string of the molecule is CCC1C(=O)NC(=O)CN1c1ncc(Cl)cc1Br. The van der Waals surface area contributed by atoms with Gasteiger partial charge in [0.15, 0.2) is 0 Å². The number of halogens is 2. The summed E-state index contributed by atoms with van der Waals surface area (Å²) in [7, 11) is 0. The number of imide groups is 1. The van der Waals surface area contributed by atoms with Gasteiger partial charge in [-0.3, -0.25) is 14.9 Å². The van der Waals surface area contributed by atoms with Gasteiger partial charge in [-0.25, -0.2) is 4.98 Å². The lowest BCUT2D eigenvalue weighted by molar-refractivity contribution is -0.132. The van der Waals surface area contributed by atoms with Crippen LogP contribution in [0.1, 0.15) is 13.3 Å². The van der Waals surface area contributed by atoms with E-state index in [1.807, 2.05) is 6.92 Å². The van der Waals surface area contributed by atoms with E-state index in [0.29, 0.717) is 21.7 Å². The van der Waals surface area contributed by atoms with Crippen molar-refractivity contribution in [1.29, 1.82) is 0 Å². The summed E-state index contributed by atoms with van der Waals surface area (Å²) in [5, 5.41) is 2.81. The Morgan fingerprint density at radius 2 is 2.33 bits per heavy atom. The van der Waals surface area contributed by atoms with Crippen molar-refractivity contribution in [2.75, 3.05) is 11.4 Å². The molecule has 1 fully saturated rings. The van der Waals surface area contributed by atoms with E-state index < -0.39 is 6.04 Å². The maximum atomic E-state index is 11.8. The van der Waals surface area contributed by atoms with E-state index in [2.05, 4.69) is 26.2 Å². The van der Waals surface area contributed by atoms with E-state index in [1.165, 1.54) is 6.20 Å². The van der Waals surface area contributed by atoms with E-state index in [0.717, 1.165) is 0 Å². The number of nitrogens with zero attached hydrogens (tertiary/aromatic N) is 2. The molecule has 18 heavy (non-hydrogen) atoms. The predicted molar refractivity (Wildman–Crippen MR) is 71.5 cm³/mol. The highest BCUT2D eigenvalue weighted by Crippen LogP contribution is 2.29. The van der Waals surface area contributed by atoms with Crippen molar-refractivity contribution < 1.29 is 9.59 Å². The molecule has 0 aliphatic carbocycles. The van der Waals surface area contributed by atoms with E-state index in [1.54, 1.807) is 11.0 Å². The summed E-state index contributed by atoms with van der Waals surface area (Å²) in [6.45, 7) is 1.99. The number of hydrogen-bond donors (Lipinski definition) is 1. The fraction of sp³-hybridized carbons (Fsp3) is 0.364. The molecule has 7 heteroatoms. The van der Waals surface area contributed by atoms with Crippen LogP contribution in [0.5, 0.6) is 0 Å². The molecule has 1 aromatic rings. The lowest BCUT2D eigenvalue weighted by Gasteiger charge is -2.34. The highest BCUT2D eigenvalue weighted by Gasteiger charge is 2.34. The highest BCUT2D eigenvalue weighted by atomic mass is 79.9. The fourth-order valence-electron chi connectivity index (χ4n) is 1.91. The van der Waals surface area contributed by atoms with Gasteiger partial charge in [-0.15, -0.1) is 0 Å². The molecular weight excluding hydrogens is 321 g/mol. The van der Waals surface area contributed by atoms with Crippen LogP contribution in [0.3, 0.4) is 0 Å². The maximum absolute atomic E-state index is 11.8. The molecule has 2 rings (SSSR count). The van der Waals surface area contributed by atoms with Gasteiger partial charge in [0.1, 0.15) is 11.9 Å². The third kappa shape index (κ3) is 2.49. The first-order valence-corrected chi connectivity index (χ1v) is 6.61. The van der Waals surface area contributed by atoms with Gasteiger partial charge in [0.2, 0.25) is 11.8 Å². The van der Waals surface area contributed by atoms with Gasteiger partial charge in [0, 0.05) is 6.20 Å². The maximum Gasteiger partial charge on any atom is 0.249 e. The predicted octanol–water partition coefficient (Wildman–Crippen LogP) is 1.74. The van der Waals surface area contributed by atoms with E-state index in [4.69, 9.17) is 11.6 Å². The van der Waals surface area contributed by atoms with E-state index >= 15 is 0 Å². The molecule has 0 radical (unpaired) electrons. The molecular formula is C11H11BrClN3O2. The molecule has 2 heterocycles. The highest BCUT2D eigenvalue weighted by molar-refractivity contribution is 9.10. The molecule has 0 aromatic carbocycles. The number of carbonyl (C=O) groups is 2. The minimum atomic E-state index is -0.396. The van der Waals surface area contributed by atoms with Gasteiger partial charge < -0.3 is 4.90 Å². The summed E-state index contributed by atoms with van der Waals surface area (Å²) in [5.41, 5.74) is 0. The van der Waals surface area contributed by atoms with Gasteiger partial charge in [-0.1, -0.05) is 18.5 Å². The van der Waals surface area contributed by atoms with Crippen LogP contribution in [0.2, 0.25) is 5.02 Å². The zero-order chi connectivity index (χ0) is 13.3. The minimum Gasteiger partial charge on any atom is -0.334 e. The molecule has 0 saturated carbocycles. The quantitative estimate of drug-likeness (QED) is 0.838. The van der Waals surface area contributed by atoms with Crippen LogP contribution in [0, 0.1) is 0 Å². The van der Waals surface area contributed by atoms with Crippen LogP contribution >= 0.6 is 27.5 Å². The third-order valence-electron chi connectivity index (χ3n) is 2.70. The van der Waals surface area contributed by atoms with Crippen LogP contribution in [0.15, 0.2) is 16.7 Å².